The zero-order chi connectivity index (χ0) is 18.7. The summed E-state index contributed by atoms with van der Waals surface area (Å²) in [4.78, 5) is 38.4. The molecule has 0 aromatic heterocycles. The van der Waals surface area contributed by atoms with Crippen molar-refractivity contribution in [3.8, 4) is 0 Å². The number of carboxylic acids is 1. The zero-order valence-electron chi connectivity index (χ0n) is 15.6. The summed E-state index contributed by atoms with van der Waals surface area (Å²) in [7, 11) is 2.65. The Hall–Kier alpha value is -0.895. The maximum atomic E-state index is 9.98. The van der Waals surface area contributed by atoms with Gasteiger partial charge in [0.15, 0.2) is 0 Å². The van der Waals surface area contributed by atoms with Gasteiger partial charge in [-0.25, -0.2) is 0 Å². The molecule has 138 valence electrons. The predicted molar refractivity (Wildman–Crippen MR) is 89.9 cm³/mol. The van der Waals surface area contributed by atoms with Crippen LogP contribution in [0.2, 0.25) is 0 Å². The summed E-state index contributed by atoms with van der Waals surface area (Å²) < 4.78 is 8.29. The molecule has 0 unspecified atom stereocenters. The van der Waals surface area contributed by atoms with Crippen LogP contribution in [-0.2, 0) is 28.5 Å². The van der Waals surface area contributed by atoms with E-state index in [1.54, 1.807) is 0 Å². The Morgan fingerprint density at radius 3 is 1.17 bits per heavy atom. The fourth-order valence-electron chi connectivity index (χ4n) is 0.160. The van der Waals surface area contributed by atoms with Gasteiger partial charge in [0.2, 0.25) is 0 Å². The second-order valence-corrected chi connectivity index (χ2v) is 4.19. The van der Waals surface area contributed by atoms with Crippen LogP contribution in [0.3, 0.4) is 0 Å². The molecule has 0 fully saturated rings. The SMILES string of the molecule is C.CC(=O)O.CC(=O)O[B-]OC(C)=O.CC(C)=O.CNC(C)C.[Na+]. The van der Waals surface area contributed by atoms with Crippen molar-refractivity contribution in [3.05, 3.63) is 0 Å². The van der Waals surface area contributed by atoms with Crippen molar-refractivity contribution >= 4 is 31.4 Å². The monoisotopic (exact) mass is 359 g/mol. The molecule has 0 saturated carbocycles. The van der Waals surface area contributed by atoms with Gasteiger partial charge in [0.1, 0.15) is 13.5 Å². The van der Waals surface area contributed by atoms with Gasteiger partial charge in [-0.3, -0.25) is 14.4 Å². The van der Waals surface area contributed by atoms with Gasteiger partial charge in [-0.15, -0.1) is 0 Å². The van der Waals surface area contributed by atoms with Crippen molar-refractivity contribution in [2.24, 2.45) is 0 Å². The summed E-state index contributed by atoms with van der Waals surface area (Å²) in [5.41, 5.74) is 0. The molecule has 0 heterocycles. The average molecular weight is 359 g/mol. The third-order valence-electron chi connectivity index (χ3n) is 1.01. The van der Waals surface area contributed by atoms with Crippen LogP contribution in [0.5, 0.6) is 0 Å². The molecule has 8 nitrogen and oxygen atoms in total. The molecule has 0 saturated heterocycles. The third-order valence-corrected chi connectivity index (χ3v) is 1.01. The first-order chi connectivity index (χ1) is 9.86. The van der Waals surface area contributed by atoms with Gasteiger partial charge in [-0.05, 0) is 20.9 Å². The summed E-state index contributed by atoms with van der Waals surface area (Å²) in [6, 6.07) is 0.634. The molecule has 0 atom stereocenters. The molecular formula is C14H31BNNaO7. The summed E-state index contributed by atoms with van der Waals surface area (Å²) in [6.45, 7) is 10.8. The van der Waals surface area contributed by atoms with Crippen molar-refractivity contribution in [1.82, 2.24) is 5.32 Å². The molecule has 0 amide bonds. The Kier molecular flexibility index (Phi) is 48.3. The van der Waals surface area contributed by atoms with E-state index in [-0.39, 0.29) is 42.8 Å². The number of carbonyl (C=O) groups excluding carboxylic acids is 3. The Morgan fingerprint density at radius 1 is 0.917 bits per heavy atom. The first kappa shape index (κ1) is 38.6. The minimum atomic E-state index is -0.833. The molecule has 0 aromatic rings. The van der Waals surface area contributed by atoms with E-state index in [4.69, 9.17) is 9.90 Å². The number of nitrogens with one attached hydrogen (secondary N) is 1. The van der Waals surface area contributed by atoms with Gasteiger partial charge in [-0.1, -0.05) is 21.3 Å². The first-order valence-electron chi connectivity index (χ1n) is 6.36. The van der Waals surface area contributed by atoms with E-state index in [1.165, 1.54) is 27.7 Å². The number of hydrogen-bond acceptors (Lipinski definition) is 7. The van der Waals surface area contributed by atoms with Crippen LogP contribution in [0.4, 0.5) is 0 Å². The topological polar surface area (TPSA) is 119 Å². The number of rotatable bonds is 3. The Labute approximate surface area is 168 Å². The van der Waals surface area contributed by atoms with Crippen LogP contribution in [0, 0.1) is 0 Å². The fraction of sp³-hybridized carbons (Fsp3) is 0.714. The Balaban J connectivity index is -0.0000000470. The number of aliphatic carboxylic acids is 1. The van der Waals surface area contributed by atoms with E-state index in [0.29, 0.717) is 13.7 Å². The standard InChI is InChI=1S/C4H6BO4.C4H11N.C3H6O.C2H4O2.CH4.Na/c1-3(6)8-5-9-4(2)7;1-4(2)5-3;1-3(2)4;1-2(3)4;;/h1-2H3;4-5H,1-3H3;1-2H3;1H3,(H,3,4);1H4;/q-1;;;;;+1. The van der Waals surface area contributed by atoms with E-state index >= 15 is 0 Å². The van der Waals surface area contributed by atoms with E-state index in [2.05, 4.69) is 28.5 Å². The van der Waals surface area contributed by atoms with Crippen molar-refractivity contribution in [2.75, 3.05) is 7.05 Å². The van der Waals surface area contributed by atoms with Gasteiger partial charge in [0.05, 0.1) is 0 Å². The molecule has 10 heteroatoms. The summed E-state index contributed by atoms with van der Waals surface area (Å²) in [5.74, 6) is -1.70. The summed E-state index contributed by atoms with van der Waals surface area (Å²) in [6.07, 6.45) is 0. The normalized spacial score (nSPS) is 7.21. The van der Waals surface area contributed by atoms with Gasteiger partial charge < -0.3 is 24.5 Å². The minimum absolute atomic E-state index is 0. The minimum Gasteiger partial charge on any atom is -0.702 e. The first-order valence-corrected chi connectivity index (χ1v) is 6.36. The number of carboxylic acid groups (broad SMARTS) is 1. The third kappa shape index (κ3) is 169. The predicted octanol–water partition coefficient (Wildman–Crippen LogP) is -1.41. The molecule has 2 radical (unpaired) electrons. The molecule has 0 aliphatic heterocycles. The maximum absolute atomic E-state index is 9.98. The van der Waals surface area contributed by atoms with Crippen molar-refractivity contribution < 1.29 is 63.2 Å². The van der Waals surface area contributed by atoms with E-state index < -0.39 is 17.9 Å². The molecule has 0 bridgehead atoms. The van der Waals surface area contributed by atoms with Crippen molar-refractivity contribution in [1.29, 1.82) is 0 Å². The van der Waals surface area contributed by atoms with Crippen LogP contribution in [0.1, 0.15) is 55.9 Å². The Bertz CT molecular complexity index is 292. The molecule has 24 heavy (non-hydrogen) atoms. The second-order valence-electron chi connectivity index (χ2n) is 4.19. The van der Waals surface area contributed by atoms with Gasteiger partial charge in [0.25, 0.3) is 17.9 Å². The van der Waals surface area contributed by atoms with Crippen LogP contribution >= 0.6 is 0 Å². The van der Waals surface area contributed by atoms with Crippen molar-refractivity contribution in [3.63, 3.8) is 0 Å². The largest absolute Gasteiger partial charge is 1.00 e. The maximum Gasteiger partial charge on any atom is 1.00 e. The molecule has 0 spiro atoms. The number of hydrogen-bond donors (Lipinski definition) is 2. The smallest absolute Gasteiger partial charge is 0.702 e. The molecule has 2 N–H and O–H groups in total. The van der Waals surface area contributed by atoms with Crippen LogP contribution in [0.15, 0.2) is 0 Å². The second kappa shape index (κ2) is 30.0. The number of Topliss-reactive ketones (excluding diaryl/α,β-unsaturated/α-hetero) is 1. The molecule has 0 aliphatic carbocycles. The van der Waals surface area contributed by atoms with Crippen LogP contribution in [-0.4, -0.2) is 49.6 Å². The van der Waals surface area contributed by atoms with E-state index in [1.807, 2.05) is 7.05 Å². The van der Waals surface area contributed by atoms with Gasteiger partial charge in [0, 0.05) is 26.8 Å². The van der Waals surface area contributed by atoms with Gasteiger partial charge >= 0.3 is 29.6 Å². The quantitative estimate of drug-likeness (QED) is 0.590. The van der Waals surface area contributed by atoms with E-state index in [0.717, 1.165) is 6.92 Å². The molecule has 0 rings (SSSR count). The van der Waals surface area contributed by atoms with Crippen LogP contribution < -0.4 is 34.9 Å². The van der Waals surface area contributed by atoms with Gasteiger partial charge in [-0.2, -0.15) is 0 Å². The fourth-order valence-corrected chi connectivity index (χ4v) is 0.160. The van der Waals surface area contributed by atoms with E-state index in [9.17, 15) is 14.4 Å². The summed E-state index contributed by atoms with van der Waals surface area (Å²) in [5, 5.41) is 10.4. The number of carbonyl (C=O) groups is 4. The van der Waals surface area contributed by atoms with Crippen LogP contribution in [0.25, 0.3) is 0 Å². The van der Waals surface area contributed by atoms with Crippen molar-refractivity contribution in [2.45, 2.75) is 61.9 Å². The number of ketones is 1. The Morgan fingerprint density at radius 2 is 1.08 bits per heavy atom. The average Bonchev–Trinajstić information content (AvgIpc) is 2.27. The zero-order valence-corrected chi connectivity index (χ0v) is 17.6. The molecule has 0 aliphatic rings. The summed E-state index contributed by atoms with van der Waals surface area (Å²) >= 11 is 0. The molecule has 0 aromatic carbocycles. The molecular weight excluding hydrogens is 328 g/mol.